The molecule has 38 heavy (non-hydrogen) atoms. The Balaban J connectivity index is 1.58. The number of nitrogens with one attached hydrogen (secondary N) is 2. The Hall–Kier alpha value is -4.67. The highest BCUT2D eigenvalue weighted by Gasteiger charge is 2.21. The first-order valence-corrected chi connectivity index (χ1v) is 12.3. The minimum atomic E-state index is -0.617. The molecule has 0 atom stereocenters. The zero-order valence-electron chi connectivity index (χ0n) is 21.7. The highest BCUT2D eigenvalue weighted by Crippen LogP contribution is 2.31. The van der Waals surface area contributed by atoms with Gasteiger partial charge in [-0.25, -0.2) is 4.98 Å². The molecule has 0 unspecified atom stereocenters. The number of hydrogen-bond acceptors (Lipinski definition) is 6. The van der Waals surface area contributed by atoms with Gasteiger partial charge in [0.25, 0.3) is 5.91 Å². The van der Waals surface area contributed by atoms with Gasteiger partial charge in [-0.2, -0.15) is 5.10 Å². The Kier molecular flexibility index (Phi) is 8.05. The third-order valence-corrected chi connectivity index (χ3v) is 6.06. The molecule has 11 heteroatoms. The first kappa shape index (κ1) is 26.4. The molecule has 4 rings (SSSR count). The summed E-state index contributed by atoms with van der Waals surface area (Å²) in [5, 5.41) is 10.2. The molecule has 2 heterocycles. The van der Waals surface area contributed by atoms with E-state index in [1.54, 1.807) is 27.4 Å². The maximum Gasteiger partial charge on any atom is 0.276 e. The highest BCUT2D eigenvalue weighted by atomic mass is 16.5. The molecule has 0 radical (unpaired) electrons. The summed E-state index contributed by atoms with van der Waals surface area (Å²) < 4.78 is 8.97. The van der Waals surface area contributed by atoms with E-state index in [-0.39, 0.29) is 23.3 Å². The Morgan fingerprint density at radius 2 is 1.87 bits per heavy atom. The average Bonchev–Trinajstić information content (AvgIpc) is 3.46. The van der Waals surface area contributed by atoms with Crippen molar-refractivity contribution >= 4 is 34.7 Å². The molecule has 11 nitrogen and oxygen atoms in total. The molecule has 0 spiro atoms. The number of imidazole rings is 1. The summed E-state index contributed by atoms with van der Waals surface area (Å²) in [5.41, 5.74) is 8.85. The van der Waals surface area contributed by atoms with Gasteiger partial charge in [-0.05, 0) is 44.0 Å². The Labute approximate surface area is 220 Å². The van der Waals surface area contributed by atoms with Gasteiger partial charge in [0.15, 0.2) is 0 Å². The lowest BCUT2D eigenvalue weighted by atomic mass is 10.1. The van der Waals surface area contributed by atoms with Gasteiger partial charge in [0, 0.05) is 25.2 Å². The summed E-state index contributed by atoms with van der Waals surface area (Å²) in [4.78, 5) is 42.0. The first-order valence-electron chi connectivity index (χ1n) is 12.3. The van der Waals surface area contributed by atoms with Crippen molar-refractivity contribution in [3.8, 4) is 5.75 Å². The van der Waals surface area contributed by atoms with E-state index < -0.39 is 5.91 Å². The second-order valence-corrected chi connectivity index (χ2v) is 8.80. The molecular weight excluding hydrogens is 486 g/mol. The first-order chi connectivity index (χ1) is 18.3. The Morgan fingerprint density at radius 1 is 1.11 bits per heavy atom. The maximum absolute atomic E-state index is 13.2. The predicted octanol–water partition coefficient (Wildman–Crippen LogP) is 2.67. The molecule has 198 valence electrons. The number of nitrogens with two attached hydrogens (primary N) is 1. The number of nitrogens with zero attached hydrogens (tertiary/aromatic N) is 4. The third-order valence-electron chi connectivity index (χ3n) is 6.06. The minimum Gasteiger partial charge on any atom is -0.494 e. The number of carbonyl (C=O) groups is 3. The van der Waals surface area contributed by atoms with Crippen LogP contribution in [0.5, 0.6) is 5.75 Å². The Bertz CT molecular complexity index is 1470. The molecule has 3 amide bonds. The molecule has 0 fully saturated rings. The molecule has 4 aromatic rings. The van der Waals surface area contributed by atoms with Crippen LogP contribution in [0.4, 0.5) is 5.95 Å². The fourth-order valence-electron chi connectivity index (χ4n) is 4.28. The van der Waals surface area contributed by atoms with Gasteiger partial charge in [0.2, 0.25) is 17.8 Å². The van der Waals surface area contributed by atoms with Crippen molar-refractivity contribution in [1.29, 1.82) is 0 Å². The molecule has 2 aromatic heterocycles. The fourth-order valence-corrected chi connectivity index (χ4v) is 4.28. The SMILES string of the molecule is CCn1nc(C)cc1C(=O)Nc1nc2cc(C(N)=O)cc(OC)c2n1CCCNC(=O)Cc1ccccc1. The van der Waals surface area contributed by atoms with E-state index in [0.717, 1.165) is 11.3 Å². The number of anilines is 1. The minimum absolute atomic E-state index is 0.0768. The number of carbonyl (C=O) groups excluding carboxylic acids is 3. The van der Waals surface area contributed by atoms with Gasteiger partial charge in [0.1, 0.15) is 17.0 Å². The quantitative estimate of drug-likeness (QED) is 0.261. The molecule has 0 bridgehead atoms. The number of aromatic nitrogens is 4. The molecule has 0 saturated carbocycles. The summed E-state index contributed by atoms with van der Waals surface area (Å²) in [7, 11) is 1.49. The summed E-state index contributed by atoms with van der Waals surface area (Å²) in [6.45, 7) is 5.09. The number of hydrogen-bond donors (Lipinski definition) is 3. The van der Waals surface area contributed by atoms with Gasteiger partial charge in [-0.15, -0.1) is 0 Å². The van der Waals surface area contributed by atoms with Gasteiger partial charge >= 0.3 is 0 Å². The fraction of sp³-hybridized carbons (Fsp3) is 0.296. The largest absolute Gasteiger partial charge is 0.494 e. The van der Waals surface area contributed by atoms with E-state index in [9.17, 15) is 14.4 Å². The lowest BCUT2D eigenvalue weighted by Gasteiger charge is -2.13. The topological polar surface area (TPSA) is 146 Å². The van der Waals surface area contributed by atoms with Crippen LogP contribution in [0.25, 0.3) is 11.0 Å². The zero-order chi connectivity index (χ0) is 27.2. The van der Waals surface area contributed by atoms with Crippen molar-refractivity contribution in [3.63, 3.8) is 0 Å². The van der Waals surface area contributed by atoms with Crippen molar-refractivity contribution in [2.45, 2.75) is 39.8 Å². The summed E-state index contributed by atoms with van der Waals surface area (Å²) >= 11 is 0. The van der Waals surface area contributed by atoms with Crippen molar-refractivity contribution in [3.05, 3.63) is 71.0 Å². The second kappa shape index (κ2) is 11.6. The van der Waals surface area contributed by atoms with E-state index in [4.69, 9.17) is 10.5 Å². The van der Waals surface area contributed by atoms with E-state index >= 15 is 0 Å². The molecule has 0 aliphatic carbocycles. The predicted molar refractivity (Wildman–Crippen MR) is 143 cm³/mol. The summed E-state index contributed by atoms with van der Waals surface area (Å²) in [6, 6.07) is 14.3. The number of aryl methyl sites for hydroxylation is 3. The average molecular weight is 518 g/mol. The summed E-state index contributed by atoms with van der Waals surface area (Å²) in [6.07, 6.45) is 0.853. The smallest absolute Gasteiger partial charge is 0.276 e. The number of ether oxygens (including phenoxy) is 1. The van der Waals surface area contributed by atoms with Gasteiger partial charge in [-0.1, -0.05) is 30.3 Å². The number of amides is 3. The van der Waals surface area contributed by atoms with E-state index in [1.807, 2.05) is 44.2 Å². The van der Waals surface area contributed by atoms with Crippen LogP contribution in [-0.2, 0) is 24.3 Å². The summed E-state index contributed by atoms with van der Waals surface area (Å²) in [5.74, 6) is -0.385. The van der Waals surface area contributed by atoms with Crippen LogP contribution < -0.4 is 21.1 Å². The molecule has 2 aromatic carbocycles. The number of benzene rings is 2. The molecule has 0 saturated heterocycles. The van der Waals surface area contributed by atoms with Crippen LogP contribution in [0.3, 0.4) is 0 Å². The lowest BCUT2D eigenvalue weighted by Crippen LogP contribution is -2.27. The van der Waals surface area contributed by atoms with Gasteiger partial charge < -0.3 is 20.4 Å². The van der Waals surface area contributed by atoms with Crippen molar-refractivity contribution in [2.24, 2.45) is 5.73 Å². The molecule has 0 aliphatic heterocycles. The van der Waals surface area contributed by atoms with E-state index in [2.05, 4.69) is 20.7 Å². The monoisotopic (exact) mass is 517 g/mol. The standard InChI is InChI=1S/C27H31N7O4/c1-4-34-21(13-17(2)32-34)26(37)31-27-30-20-15-19(25(28)36)16-22(38-3)24(20)33(27)12-8-11-29-23(35)14-18-9-6-5-7-10-18/h5-7,9-10,13,15-16H,4,8,11-12,14H2,1-3H3,(H2,28,36)(H,29,35)(H,30,31,37). The molecule has 4 N–H and O–H groups in total. The number of methoxy groups -OCH3 is 1. The lowest BCUT2D eigenvalue weighted by molar-refractivity contribution is -0.120. The second-order valence-electron chi connectivity index (χ2n) is 8.80. The highest BCUT2D eigenvalue weighted by molar-refractivity contribution is 6.04. The van der Waals surface area contributed by atoms with Crippen LogP contribution in [0.2, 0.25) is 0 Å². The van der Waals surface area contributed by atoms with Gasteiger partial charge in [-0.3, -0.25) is 24.4 Å². The van der Waals surface area contributed by atoms with Crippen molar-refractivity contribution < 1.29 is 19.1 Å². The van der Waals surface area contributed by atoms with Crippen LogP contribution >= 0.6 is 0 Å². The van der Waals surface area contributed by atoms with Crippen LogP contribution in [-0.4, -0.2) is 50.7 Å². The maximum atomic E-state index is 13.2. The van der Waals surface area contributed by atoms with Gasteiger partial charge in [0.05, 0.1) is 24.7 Å². The normalized spacial score (nSPS) is 10.9. The zero-order valence-corrected chi connectivity index (χ0v) is 21.7. The molecule has 0 aliphatic rings. The third kappa shape index (κ3) is 5.83. The van der Waals surface area contributed by atoms with Crippen molar-refractivity contribution in [2.75, 3.05) is 19.0 Å². The van der Waals surface area contributed by atoms with E-state index in [1.165, 1.54) is 7.11 Å². The van der Waals surface area contributed by atoms with Crippen LogP contribution in [0.15, 0.2) is 48.5 Å². The Morgan fingerprint density at radius 3 is 2.55 bits per heavy atom. The number of fused-ring (bicyclic) bond motifs is 1. The van der Waals surface area contributed by atoms with Crippen LogP contribution in [0, 0.1) is 6.92 Å². The van der Waals surface area contributed by atoms with E-state index in [0.29, 0.717) is 55.0 Å². The number of primary amides is 1. The van der Waals surface area contributed by atoms with Crippen LogP contribution in [0.1, 0.15) is 45.4 Å². The van der Waals surface area contributed by atoms with Crippen molar-refractivity contribution in [1.82, 2.24) is 24.6 Å². The number of rotatable bonds is 11. The molecular formula is C27H31N7O4.